The van der Waals surface area contributed by atoms with Crippen LogP contribution in [-0.4, -0.2) is 0 Å². The average molecular weight is 585 g/mol. The van der Waals surface area contributed by atoms with Crippen molar-refractivity contribution in [3.8, 4) is 0 Å². The van der Waals surface area contributed by atoms with E-state index in [4.69, 9.17) is 0 Å². The minimum absolute atomic E-state index is 0.115. The molecule has 0 fully saturated rings. The molecule has 6 aromatic rings. The van der Waals surface area contributed by atoms with Crippen LogP contribution < -0.4 is 9.80 Å². The Labute approximate surface area is 268 Å². The van der Waals surface area contributed by atoms with E-state index in [9.17, 15) is 0 Å². The third kappa shape index (κ3) is 7.08. The zero-order chi connectivity index (χ0) is 31.2. The monoisotopic (exact) mass is 584 g/mol. The predicted molar refractivity (Wildman–Crippen MR) is 195 cm³/mol. The second kappa shape index (κ2) is 13.1. The number of benzene rings is 6. The number of hydrogen-bond donors (Lipinski definition) is 0. The minimum Gasteiger partial charge on any atom is -0.311 e. The molecule has 6 rings (SSSR count). The second-order valence-electron chi connectivity index (χ2n) is 12.5. The first-order valence-corrected chi connectivity index (χ1v) is 15.6. The Kier molecular flexibility index (Phi) is 8.66. The first-order chi connectivity index (χ1) is 21.8. The zero-order valence-corrected chi connectivity index (χ0v) is 26.6. The van der Waals surface area contributed by atoms with Gasteiger partial charge in [-0.1, -0.05) is 118 Å². The van der Waals surface area contributed by atoms with Gasteiger partial charge in [-0.3, -0.25) is 0 Å². The molecular formula is C43H40N2. The van der Waals surface area contributed by atoms with E-state index in [0.717, 1.165) is 45.3 Å². The van der Waals surface area contributed by atoms with Gasteiger partial charge in [0.25, 0.3) is 0 Å². The van der Waals surface area contributed by atoms with Crippen molar-refractivity contribution in [2.45, 2.75) is 33.1 Å². The summed E-state index contributed by atoms with van der Waals surface area (Å²) in [5, 5.41) is 0. The van der Waals surface area contributed by atoms with Gasteiger partial charge in [0.15, 0.2) is 0 Å². The van der Waals surface area contributed by atoms with Gasteiger partial charge in [0.1, 0.15) is 0 Å². The molecule has 0 atom stereocenters. The van der Waals surface area contributed by atoms with E-state index in [2.05, 4.69) is 207 Å². The fourth-order valence-electron chi connectivity index (χ4n) is 5.59. The number of nitrogens with zero attached hydrogens (tertiary/aromatic N) is 2. The van der Waals surface area contributed by atoms with Crippen LogP contribution in [0.25, 0.3) is 12.2 Å². The molecule has 45 heavy (non-hydrogen) atoms. The summed E-state index contributed by atoms with van der Waals surface area (Å²) in [5.74, 6) is 0. The highest BCUT2D eigenvalue weighted by Crippen LogP contribution is 2.37. The third-order valence-electron chi connectivity index (χ3n) is 8.05. The lowest BCUT2D eigenvalue weighted by atomic mass is 9.87. The Morgan fingerprint density at radius 2 is 0.778 bits per heavy atom. The third-order valence-corrected chi connectivity index (χ3v) is 8.05. The number of hydrogen-bond acceptors (Lipinski definition) is 2. The van der Waals surface area contributed by atoms with Crippen LogP contribution in [0.15, 0.2) is 158 Å². The number of anilines is 6. The lowest BCUT2D eigenvalue weighted by Gasteiger charge is -2.27. The molecule has 0 unspecified atom stereocenters. The maximum absolute atomic E-state index is 2.33. The van der Waals surface area contributed by atoms with E-state index in [-0.39, 0.29) is 5.41 Å². The van der Waals surface area contributed by atoms with E-state index < -0.39 is 0 Å². The fraction of sp³-hybridized carbons (Fsp3) is 0.116. The topological polar surface area (TPSA) is 6.48 Å². The summed E-state index contributed by atoms with van der Waals surface area (Å²) >= 11 is 0. The highest BCUT2D eigenvalue weighted by atomic mass is 15.1. The summed E-state index contributed by atoms with van der Waals surface area (Å²) in [4.78, 5) is 4.61. The lowest BCUT2D eigenvalue weighted by Crippen LogP contribution is -2.13. The summed E-state index contributed by atoms with van der Waals surface area (Å²) in [5.41, 5.74) is 11.8. The van der Waals surface area contributed by atoms with Gasteiger partial charge in [0, 0.05) is 34.1 Å². The maximum Gasteiger partial charge on any atom is 0.0464 e. The molecule has 2 heteroatoms. The van der Waals surface area contributed by atoms with Crippen molar-refractivity contribution < 1.29 is 0 Å². The fourth-order valence-corrected chi connectivity index (χ4v) is 5.59. The molecule has 222 valence electrons. The average Bonchev–Trinajstić information content (AvgIpc) is 3.06. The Morgan fingerprint density at radius 1 is 0.400 bits per heavy atom. The summed E-state index contributed by atoms with van der Waals surface area (Å²) in [6.07, 6.45) is 4.36. The Balaban J connectivity index is 1.24. The molecule has 0 heterocycles. The summed E-state index contributed by atoms with van der Waals surface area (Å²) in [7, 11) is 0. The molecule has 0 aromatic heterocycles. The van der Waals surface area contributed by atoms with Crippen molar-refractivity contribution in [2.24, 2.45) is 0 Å². The quantitative estimate of drug-likeness (QED) is 0.164. The van der Waals surface area contributed by atoms with E-state index >= 15 is 0 Å². The lowest BCUT2D eigenvalue weighted by molar-refractivity contribution is 0.590. The molecule has 6 aromatic carbocycles. The Hall–Kier alpha value is -5.34. The van der Waals surface area contributed by atoms with E-state index in [1.54, 1.807) is 0 Å². The van der Waals surface area contributed by atoms with Crippen LogP contribution in [-0.2, 0) is 5.41 Å². The molecule has 0 spiro atoms. The summed E-state index contributed by atoms with van der Waals surface area (Å²) in [6, 6.07) is 56.2. The Bertz CT molecular complexity index is 1810. The van der Waals surface area contributed by atoms with E-state index in [1.807, 2.05) is 0 Å². The van der Waals surface area contributed by atoms with Crippen LogP contribution in [0.3, 0.4) is 0 Å². The van der Waals surface area contributed by atoms with Gasteiger partial charge in [-0.15, -0.1) is 0 Å². The van der Waals surface area contributed by atoms with Crippen LogP contribution in [0.2, 0.25) is 0 Å². The molecular weight excluding hydrogens is 544 g/mol. The number of para-hydroxylation sites is 2. The molecule has 0 saturated heterocycles. The van der Waals surface area contributed by atoms with Gasteiger partial charge in [-0.2, -0.15) is 0 Å². The van der Waals surface area contributed by atoms with Gasteiger partial charge in [-0.25, -0.2) is 0 Å². The molecule has 0 aliphatic carbocycles. The first kappa shape index (κ1) is 29.7. The van der Waals surface area contributed by atoms with Crippen molar-refractivity contribution in [3.05, 3.63) is 180 Å². The van der Waals surface area contributed by atoms with Crippen molar-refractivity contribution in [3.63, 3.8) is 0 Å². The largest absolute Gasteiger partial charge is 0.311 e. The number of rotatable bonds is 8. The first-order valence-electron chi connectivity index (χ1n) is 15.6. The van der Waals surface area contributed by atoms with Gasteiger partial charge in [-0.05, 0) is 107 Å². The van der Waals surface area contributed by atoms with Crippen molar-refractivity contribution >= 4 is 46.3 Å². The smallest absolute Gasteiger partial charge is 0.0464 e. The zero-order valence-electron chi connectivity index (χ0n) is 26.6. The molecule has 0 radical (unpaired) electrons. The van der Waals surface area contributed by atoms with Gasteiger partial charge in [0.2, 0.25) is 0 Å². The molecule has 0 aliphatic heterocycles. The highest BCUT2D eigenvalue weighted by molar-refractivity contribution is 5.80. The maximum atomic E-state index is 2.33. The van der Waals surface area contributed by atoms with Crippen LogP contribution in [0, 0.1) is 6.92 Å². The van der Waals surface area contributed by atoms with Crippen LogP contribution >= 0.6 is 0 Å². The SMILES string of the molecule is Cc1cccc(N(c2ccc(/C=C/c3ccc(N(c4ccccc4)c4ccccc4)cc3)cc2)c2ccc(C(C)(C)C)cc2)c1. The normalized spacial score (nSPS) is 11.5. The van der Waals surface area contributed by atoms with E-state index in [1.165, 1.54) is 11.1 Å². The highest BCUT2D eigenvalue weighted by Gasteiger charge is 2.17. The second-order valence-corrected chi connectivity index (χ2v) is 12.5. The molecule has 0 N–H and O–H groups in total. The summed E-state index contributed by atoms with van der Waals surface area (Å²) in [6.45, 7) is 8.91. The van der Waals surface area contributed by atoms with Crippen molar-refractivity contribution in [1.29, 1.82) is 0 Å². The van der Waals surface area contributed by atoms with Crippen LogP contribution in [0.4, 0.5) is 34.1 Å². The standard InChI is InChI=1S/C43H40N2/c1-33-12-11-17-42(32-33)45(41-30-24-36(25-31-41)43(2,3)4)40-28-22-35(23-29-40)19-18-34-20-26-39(27-21-34)44(37-13-7-5-8-14-37)38-15-9-6-10-16-38/h5-32H,1-4H3/b19-18+. The number of aryl methyl sites for hydroxylation is 1. The van der Waals surface area contributed by atoms with Crippen molar-refractivity contribution in [1.82, 2.24) is 0 Å². The van der Waals surface area contributed by atoms with E-state index in [0.29, 0.717) is 0 Å². The Morgan fingerprint density at radius 3 is 1.20 bits per heavy atom. The molecule has 0 saturated carbocycles. The van der Waals surface area contributed by atoms with Crippen LogP contribution in [0.1, 0.15) is 43.0 Å². The van der Waals surface area contributed by atoms with Crippen molar-refractivity contribution in [2.75, 3.05) is 9.80 Å². The predicted octanol–water partition coefficient (Wildman–Crippen LogP) is 12.4. The van der Waals surface area contributed by atoms with Gasteiger partial charge < -0.3 is 9.80 Å². The molecule has 0 amide bonds. The molecule has 0 aliphatic rings. The molecule has 2 nitrogen and oxygen atoms in total. The summed E-state index contributed by atoms with van der Waals surface area (Å²) < 4.78 is 0. The molecule has 0 bridgehead atoms. The van der Waals surface area contributed by atoms with Crippen LogP contribution in [0.5, 0.6) is 0 Å². The van der Waals surface area contributed by atoms with Gasteiger partial charge in [0.05, 0.1) is 0 Å². The van der Waals surface area contributed by atoms with Gasteiger partial charge >= 0.3 is 0 Å². The minimum atomic E-state index is 0.115.